The molecular formula is C16H17FN4O3. The van der Waals surface area contributed by atoms with Crippen LogP contribution in [0.2, 0.25) is 0 Å². The van der Waals surface area contributed by atoms with Crippen LogP contribution in [0.1, 0.15) is 17.1 Å². The number of hydrogen-bond donors (Lipinski definition) is 3. The van der Waals surface area contributed by atoms with Crippen LogP contribution in [-0.4, -0.2) is 27.1 Å². The van der Waals surface area contributed by atoms with Crippen molar-refractivity contribution in [2.75, 3.05) is 6.54 Å². The molecule has 8 heteroatoms. The van der Waals surface area contributed by atoms with E-state index in [-0.39, 0.29) is 30.4 Å². The molecule has 1 aliphatic rings. The molecule has 1 amide bonds. The molecule has 0 fully saturated rings. The van der Waals surface area contributed by atoms with Gasteiger partial charge in [-0.3, -0.25) is 14.2 Å². The quantitative estimate of drug-likeness (QED) is 0.735. The normalized spacial score (nSPS) is 13.4. The molecule has 0 bridgehead atoms. The maximum atomic E-state index is 12.8. The summed E-state index contributed by atoms with van der Waals surface area (Å²) < 4.78 is 14.2. The molecule has 24 heavy (non-hydrogen) atoms. The molecule has 0 aliphatic carbocycles. The molecular weight excluding hydrogens is 315 g/mol. The van der Waals surface area contributed by atoms with Gasteiger partial charge in [0.2, 0.25) is 11.7 Å². The van der Waals surface area contributed by atoms with Crippen LogP contribution in [0, 0.1) is 5.82 Å². The molecule has 0 radical (unpaired) electrons. The number of aromatic hydroxyl groups is 1. The summed E-state index contributed by atoms with van der Waals surface area (Å²) in [4.78, 5) is 28.3. The van der Waals surface area contributed by atoms with Crippen molar-refractivity contribution in [2.24, 2.45) is 0 Å². The van der Waals surface area contributed by atoms with Gasteiger partial charge in [-0.15, -0.1) is 0 Å². The summed E-state index contributed by atoms with van der Waals surface area (Å²) in [5.74, 6) is -0.708. The van der Waals surface area contributed by atoms with Crippen LogP contribution in [0.25, 0.3) is 0 Å². The van der Waals surface area contributed by atoms with Crippen molar-refractivity contribution < 1.29 is 14.3 Å². The second-order valence-corrected chi connectivity index (χ2v) is 5.54. The minimum Gasteiger partial charge on any atom is -0.502 e. The van der Waals surface area contributed by atoms with Crippen LogP contribution in [0.4, 0.5) is 4.39 Å². The van der Waals surface area contributed by atoms with Crippen LogP contribution in [0.5, 0.6) is 5.75 Å². The number of nitrogens with zero attached hydrogens (tertiary/aromatic N) is 2. The van der Waals surface area contributed by atoms with E-state index >= 15 is 0 Å². The zero-order valence-electron chi connectivity index (χ0n) is 12.9. The fraction of sp³-hybridized carbons (Fsp3) is 0.312. The zero-order chi connectivity index (χ0) is 17.1. The highest BCUT2D eigenvalue weighted by atomic mass is 19.1. The molecule has 7 nitrogen and oxygen atoms in total. The first kappa shape index (κ1) is 16.1. The van der Waals surface area contributed by atoms with Gasteiger partial charge in [-0.2, -0.15) is 0 Å². The average molecular weight is 332 g/mol. The van der Waals surface area contributed by atoms with Gasteiger partial charge in [0.1, 0.15) is 11.6 Å². The van der Waals surface area contributed by atoms with Crippen LogP contribution >= 0.6 is 0 Å². The standard InChI is InChI=1S/C16H17FN4O3/c17-11-3-1-10(2-4-11)8-19-14(22)7-12-15(23)16(24)21-6-5-18-9-13(21)20-12/h1-4,18,23H,5-9H2,(H,19,22). The molecule has 1 aromatic heterocycles. The number of aromatic nitrogens is 2. The van der Waals surface area contributed by atoms with Crippen molar-refractivity contribution in [1.82, 2.24) is 20.2 Å². The Hall–Kier alpha value is -2.74. The summed E-state index contributed by atoms with van der Waals surface area (Å²) in [6.07, 6.45) is -0.198. The molecule has 126 valence electrons. The highest BCUT2D eigenvalue weighted by Gasteiger charge is 2.19. The Labute approximate surface area is 137 Å². The lowest BCUT2D eigenvalue weighted by Crippen LogP contribution is -2.38. The Bertz CT molecular complexity index is 817. The first-order valence-corrected chi connectivity index (χ1v) is 7.58. The van der Waals surface area contributed by atoms with Gasteiger partial charge in [0.25, 0.3) is 5.56 Å². The van der Waals surface area contributed by atoms with E-state index in [1.54, 1.807) is 12.1 Å². The zero-order valence-corrected chi connectivity index (χ0v) is 12.9. The van der Waals surface area contributed by atoms with Gasteiger partial charge in [0, 0.05) is 19.6 Å². The molecule has 0 saturated carbocycles. The maximum absolute atomic E-state index is 12.8. The first-order chi connectivity index (χ1) is 11.5. The topological polar surface area (TPSA) is 96.2 Å². The van der Waals surface area contributed by atoms with Gasteiger partial charge in [-0.25, -0.2) is 9.37 Å². The number of benzene rings is 1. The Morgan fingerprint density at radius 2 is 2.12 bits per heavy atom. The first-order valence-electron chi connectivity index (χ1n) is 7.58. The van der Waals surface area contributed by atoms with Gasteiger partial charge < -0.3 is 15.7 Å². The van der Waals surface area contributed by atoms with E-state index in [1.165, 1.54) is 16.7 Å². The summed E-state index contributed by atoms with van der Waals surface area (Å²) in [6.45, 7) is 1.71. The van der Waals surface area contributed by atoms with Crippen LogP contribution in [-0.2, 0) is 30.8 Å². The molecule has 3 N–H and O–H groups in total. The van der Waals surface area contributed by atoms with Crippen molar-refractivity contribution in [2.45, 2.75) is 26.1 Å². The van der Waals surface area contributed by atoms with E-state index in [9.17, 15) is 19.1 Å². The fourth-order valence-corrected chi connectivity index (χ4v) is 2.53. The van der Waals surface area contributed by atoms with Gasteiger partial charge in [-0.1, -0.05) is 12.1 Å². The van der Waals surface area contributed by atoms with E-state index in [2.05, 4.69) is 15.6 Å². The smallest absolute Gasteiger partial charge is 0.296 e. The molecule has 0 spiro atoms. The third kappa shape index (κ3) is 3.43. The number of amides is 1. The maximum Gasteiger partial charge on any atom is 0.296 e. The molecule has 1 aliphatic heterocycles. The number of nitrogens with one attached hydrogen (secondary N) is 2. The summed E-state index contributed by atoms with van der Waals surface area (Å²) >= 11 is 0. The lowest BCUT2D eigenvalue weighted by molar-refractivity contribution is -0.120. The molecule has 2 heterocycles. The van der Waals surface area contributed by atoms with Crippen LogP contribution in [0.3, 0.4) is 0 Å². The molecule has 0 unspecified atom stereocenters. The summed E-state index contributed by atoms with van der Waals surface area (Å²) in [6, 6.07) is 5.77. The van der Waals surface area contributed by atoms with Crippen molar-refractivity contribution >= 4 is 5.91 Å². The molecule has 3 rings (SSSR count). The van der Waals surface area contributed by atoms with Crippen molar-refractivity contribution in [3.8, 4) is 5.75 Å². The molecule has 0 saturated heterocycles. The van der Waals surface area contributed by atoms with Gasteiger partial charge in [0.15, 0.2) is 0 Å². The Morgan fingerprint density at radius 3 is 2.88 bits per heavy atom. The van der Waals surface area contributed by atoms with Crippen molar-refractivity contribution in [1.29, 1.82) is 0 Å². The highest BCUT2D eigenvalue weighted by molar-refractivity contribution is 5.78. The SMILES string of the molecule is O=C(Cc1nc2n(c(=O)c1O)CCNC2)NCc1ccc(F)cc1. The van der Waals surface area contributed by atoms with E-state index < -0.39 is 11.3 Å². The summed E-state index contributed by atoms with van der Waals surface area (Å²) in [7, 11) is 0. The lowest BCUT2D eigenvalue weighted by Gasteiger charge is -2.19. The number of fused-ring (bicyclic) bond motifs is 1. The van der Waals surface area contributed by atoms with E-state index in [1.807, 2.05) is 0 Å². The minimum absolute atomic E-state index is 0.0616. The second kappa shape index (κ2) is 6.79. The monoisotopic (exact) mass is 332 g/mol. The number of carbonyl (C=O) groups excluding carboxylic acids is 1. The highest BCUT2D eigenvalue weighted by Crippen LogP contribution is 2.12. The van der Waals surface area contributed by atoms with Gasteiger partial charge in [-0.05, 0) is 17.7 Å². The predicted octanol–water partition coefficient (Wildman–Crippen LogP) is 0.0501. The molecule has 1 aromatic carbocycles. The summed E-state index contributed by atoms with van der Waals surface area (Å²) in [5.41, 5.74) is 0.283. The predicted molar refractivity (Wildman–Crippen MR) is 83.8 cm³/mol. The Balaban J connectivity index is 1.69. The Kier molecular flexibility index (Phi) is 4.57. The van der Waals surface area contributed by atoms with E-state index in [4.69, 9.17) is 0 Å². The second-order valence-electron chi connectivity index (χ2n) is 5.54. The average Bonchev–Trinajstić information content (AvgIpc) is 2.59. The van der Waals surface area contributed by atoms with Crippen LogP contribution < -0.4 is 16.2 Å². The minimum atomic E-state index is -0.525. The number of carbonyl (C=O) groups is 1. The Morgan fingerprint density at radius 1 is 1.38 bits per heavy atom. The van der Waals surface area contributed by atoms with Crippen molar-refractivity contribution in [3.63, 3.8) is 0 Å². The lowest BCUT2D eigenvalue weighted by atomic mass is 10.2. The third-order valence-electron chi connectivity index (χ3n) is 3.82. The molecule has 2 aromatic rings. The number of rotatable bonds is 4. The number of hydrogen-bond acceptors (Lipinski definition) is 5. The third-order valence-corrected chi connectivity index (χ3v) is 3.82. The molecule has 0 atom stereocenters. The number of halogens is 1. The largest absolute Gasteiger partial charge is 0.502 e. The van der Waals surface area contributed by atoms with E-state index in [0.717, 1.165) is 5.56 Å². The van der Waals surface area contributed by atoms with Crippen LogP contribution in [0.15, 0.2) is 29.1 Å². The van der Waals surface area contributed by atoms with Gasteiger partial charge >= 0.3 is 0 Å². The summed E-state index contributed by atoms with van der Waals surface area (Å²) in [5, 5.41) is 15.7. The fourth-order valence-electron chi connectivity index (χ4n) is 2.53. The van der Waals surface area contributed by atoms with Gasteiger partial charge in [0.05, 0.1) is 18.7 Å². The van der Waals surface area contributed by atoms with E-state index in [0.29, 0.717) is 25.5 Å². The van der Waals surface area contributed by atoms with Crippen molar-refractivity contribution in [3.05, 3.63) is 57.5 Å².